The normalized spacial score (nSPS) is 12.0. The highest BCUT2D eigenvalue weighted by Gasteiger charge is 2.19. The topological polar surface area (TPSA) is 78.9 Å². The summed E-state index contributed by atoms with van der Waals surface area (Å²) >= 11 is 0. The van der Waals surface area contributed by atoms with Gasteiger partial charge >= 0.3 is 17.9 Å². The van der Waals surface area contributed by atoms with E-state index in [-0.39, 0.29) is 31.1 Å². The highest BCUT2D eigenvalue weighted by molar-refractivity contribution is 5.71. The lowest BCUT2D eigenvalue weighted by molar-refractivity contribution is -0.167. The second kappa shape index (κ2) is 67.7. The molecule has 0 aromatic heterocycles. The van der Waals surface area contributed by atoms with Crippen LogP contribution in [0, 0.1) is 0 Å². The van der Waals surface area contributed by atoms with Crippen LogP contribution in [0.15, 0.2) is 12.2 Å². The Kier molecular flexibility index (Phi) is 66.0. The van der Waals surface area contributed by atoms with Crippen LogP contribution in [0.4, 0.5) is 0 Å². The summed E-state index contributed by atoms with van der Waals surface area (Å²) in [5.41, 5.74) is 0. The Labute approximate surface area is 488 Å². The molecule has 0 amide bonds. The van der Waals surface area contributed by atoms with Crippen LogP contribution in [0.25, 0.3) is 0 Å². The van der Waals surface area contributed by atoms with Gasteiger partial charge in [0.05, 0.1) is 0 Å². The number of carbonyl (C=O) groups excluding carboxylic acids is 3. The van der Waals surface area contributed by atoms with Gasteiger partial charge in [-0.25, -0.2) is 0 Å². The molecule has 0 radical (unpaired) electrons. The molecule has 0 bridgehead atoms. The molecule has 0 spiro atoms. The third-order valence-electron chi connectivity index (χ3n) is 16.5. The summed E-state index contributed by atoms with van der Waals surface area (Å²) in [5, 5.41) is 0. The fraction of sp³-hybridized carbons (Fsp3) is 0.931. The standard InChI is InChI=1S/C72H138O6/c1-4-7-10-13-16-19-22-25-28-30-32-34-36-37-39-40-42-44-47-50-53-56-59-62-65-71(74)77-68-69(67-76-70(73)64-61-58-55-52-49-46-27-24-21-18-15-12-9-6-3)78-72(75)66-63-60-57-54-51-48-45-43-41-38-35-33-31-29-26-23-20-17-14-11-8-5-2/h24,27,69H,4-23,25-26,28-68H2,1-3H3/b27-24-. The highest BCUT2D eigenvalue weighted by Crippen LogP contribution is 2.19. The van der Waals surface area contributed by atoms with Crippen LogP contribution >= 0.6 is 0 Å². The Bertz CT molecular complexity index is 1210. The first kappa shape index (κ1) is 76.1. The average Bonchev–Trinajstić information content (AvgIpc) is 3.44. The predicted molar refractivity (Wildman–Crippen MR) is 340 cm³/mol. The van der Waals surface area contributed by atoms with Gasteiger partial charge in [-0.15, -0.1) is 0 Å². The van der Waals surface area contributed by atoms with E-state index < -0.39 is 6.10 Å². The van der Waals surface area contributed by atoms with Crippen LogP contribution < -0.4 is 0 Å². The zero-order valence-electron chi connectivity index (χ0n) is 53.2. The zero-order chi connectivity index (χ0) is 56.4. The zero-order valence-corrected chi connectivity index (χ0v) is 53.2. The summed E-state index contributed by atoms with van der Waals surface area (Å²) in [6.45, 7) is 6.72. The first-order valence-corrected chi connectivity index (χ1v) is 35.7. The molecule has 0 aliphatic rings. The number of hydrogen-bond acceptors (Lipinski definition) is 6. The van der Waals surface area contributed by atoms with Crippen molar-refractivity contribution in [2.75, 3.05) is 13.2 Å². The van der Waals surface area contributed by atoms with Crippen molar-refractivity contribution >= 4 is 17.9 Å². The molecular weight excluding hydrogens is 961 g/mol. The van der Waals surface area contributed by atoms with E-state index in [0.29, 0.717) is 19.3 Å². The van der Waals surface area contributed by atoms with Gasteiger partial charge < -0.3 is 14.2 Å². The molecule has 1 atom stereocenters. The van der Waals surface area contributed by atoms with Gasteiger partial charge in [0.15, 0.2) is 6.10 Å². The number of carbonyl (C=O) groups is 3. The number of unbranched alkanes of at least 4 members (excludes halogenated alkanes) is 54. The van der Waals surface area contributed by atoms with Crippen LogP contribution in [0.5, 0.6) is 0 Å². The number of rotatable bonds is 67. The van der Waals surface area contributed by atoms with Crippen molar-refractivity contribution in [1.29, 1.82) is 0 Å². The van der Waals surface area contributed by atoms with E-state index in [1.807, 2.05) is 0 Å². The Hall–Kier alpha value is -1.85. The van der Waals surface area contributed by atoms with Crippen LogP contribution in [0.2, 0.25) is 0 Å². The van der Waals surface area contributed by atoms with Gasteiger partial charge in [-0.05, 0) is 44.9 Å². The lowest BCUT2D eigenvalue weighted by Crippen LogP contribution is -2.30. The van der Waals surface area contributed by atoms with Crippen molar-refractivity contribution in [1.82, 2.24) is 0 Å². The average molecular weight is 1100 g/mol. The maximum atomic E-state index is 13.0. The second-order valence-electron chi connectivity index (χ2n) is 24.5. The minimum Gasteiger partial charge on any atom is -0.462 e. The Morgan fingerprint density at radius 1 is 0.244 bits per heavy atom. The molecule has 0 aromatic carbocycles. The predicted octanol–water partition coefficient (Wildman–Crippen LogP) is 24.4. The van der Waals surface area contributed by atoms with E-state index in [2.05, 4.69) is 32.9 Å². The van der Waals surface area contributed by atoms with E-state index in [0.717, 1.165) is 64.2 Å². The monoisotopic (exact) mass is 1100 g/mol. The number of hydrogen-bond donors (Lipinski definition) is 0. The fourth-order valence-corrected chi connectivity index (χ4v) is 11.2. The van der Waals surface area contributed by atoms with E-state index in [9.17, 15) is 14.4 Å². The Morgan fingerprint density at radius 2 is 0.423 bits per heavy atom. The lowest BCUT2D eigenvalue weighted by atomic mass is 10.0. The SMILES string of the molecule is CCCCCCC/C=C\CCCCCCCC(=O)OCC(COC(=O)CCCCCCCCCCCCCCCCCCCCCCCCCC)OC(=O)CCCCCCCCCCCCCCCCCCCCCCCC. The maximum absolute atomic E-state index is 13.0. The van der Waals surface area contributed by atoms with Crippen molar-refractivity contribution in [2.24, 2.45) is 0 Å². The molecule has 462 valence electrons. The molecule has 0 rings (SSSR count). The van der Waals surface area contributed by atoms with Gasteiger partial charge in [0.25, 0.3) is 0 Å². The number of allylic oxidation sites excluding steroid dienone is 2. The summed E-state index contributed by atoms with van der Waals surface area (Å²) in [4.78, 5) is 38.4. The molecule has 0 heterocycles. The van der Waals surface area contributed by atoms with Crippen molar-refractivity contribution in [2.45, 2.75) is 419 Å². The molecule has 6 heteroatoms. The van der Waals surface area contributed by atoms with E-state index in [1.54, 1.807) is 0 Å². The van der Waals surface area contributed by atoms with E-state index >= 15 is 0 Å². The molecule has 0 aliphatic heterocycles. The van der Waals surface area contributed by atoms with Crippen molar-refractivity contribution < 1.29 is 28.6 Å². The van der Waals surface area contributed by atoms with E-state index in [1.165, 1.54) is 308 Å². The summed E-state index contributed by atoms with van der Waals surface area (Å²) in [7, 11) is 0. The number of ether oxygens (including phenoxy) is 3. The molecule has 0 fully saturated rings. The van der Waals surface area contributed by atoms with Crippen LogP contribution in [-0.2, 0) is 28.6 Å². The van der Waals surface area contributed by atoms with Gasteiger partial charge in [0.1, 0.15) is 13.2 Å². The maximum Gasteiger partial charge on any atom is 0.306 e. The first-order valence-electron chi connectivity index (χ1n) is 35.7. The molecule has 6 nitrogen and oxygen atoms in total. The van der Waals surface area contributed by atoms with Crippen molar-refractivity contribution in [3.8, 4) is 0 Å². The van der Waals surface area contributed by atoms with Crippen molar-refractivity contribution in [3.05, 3.63) is 12.2 Å². The van der Waals surface area contributed by atoms with Crippen LogP contribution in [-0.4, -0.2) is 37.2 Å². The molecular formula is C72H138O6. The third kappa shape index (κ3) is 65.0. The van der Waals surface area contributed by atoms with Gasteiger partial charge in [0, 0.05) is 19.3 Å². The molecule has 78 heavy (non-hydrogen) atoms. The van der Waals surface area contributed by atoms with Gasteiger partial charge in [-0.1, -0.05) is 360 Å². The molecule has 0 saturated carbocycles. The van der Waals surface area contributed by atoms with Gasteiger partial charge in [0.2, 0.25) is 0 Å². The summed E-state index contributed by atoms with van der Waals surface area (Å²) in [6, 6.07) is 0. The molecule has 0 aromatic rings. The number of esters is 3. The largest absolute Gasteiger partial charge is 0.462 e. The second-order valence-corrected chi connectivity index (χ2v) is 24.5. The Morgan fingerprint density at radius 3 is 0.641 bits per heavy atom. The highest BCUT2D eigenvalue weighted by atomic mass is 16.6. The molecule has 0 aliphatic carbocycles. The fourth-order valence-electron chi connectivity index (χ4n) is 11.2. The molecule has 0 N–H and O–H groups in total. The Balaban J connectivity index is 4.22. The van der Waals surface area contributed by atoms with Crippen molar-refractivity contribution in [3.63, 3.8) is 0 Å². The molecule has 0 saturated heterocycles. The molecule has 1 unspecified atom stereocenters. The quantitative estimate of drug-likeness (QED) is 0.0261. The van der Waals surface area contributed by atoms with Crippen LogP contribution in [0.1, 0.15) is 412 Å². The lowest BCUT2D eigenvalue weighted by Gasteiger charge is -2.18. The van der Waals surface area contributed by atoms with Gasteiger partial charge in [-0.2, -0.15) is 0 Å². The summed E-state index contributed by atoms with van der Waals surface area (Å²) in [6.07, 6.45) is 81.0. The smallest absolute Gasteiger partial charge is 0.306 e. The van der Waals surface area contributed by atoms with Gasteiger partial charge in [-0.3, -0.25) is 14.4 Å². The third-order valence-corrected chi connectivity index (χ3v) is 16.5. The first-order chi connectivity index (χ1) is 38.5. The summed E-state index contributed by atoms with van der Waals surface area (Å²) in [5.74, 6) is -0.838. The summed E-state index contributed by atoms with van der Waals surface area (Å²) < 4.78 is 17.0. The minimum atomic E-state index is -0.770. The van der Waals surface area contributed by atoms with E-state index in [4.69, 9.17) is 14.2 Å². The minimum absolute atomic E-state index is 0.0656. The van der Waals surface area contributed by atoms with Crippen LogP contribution in [0.3, 0.4) is 0 Å².